The van der Waals surface area contributed by atoms with Crippen molar-refractivity contribution < 1.29 is 41.0 Å². The topological polar surface area (TPSA) is 46.5 Å². The number of ether oxygens (including phenoxy) is 1. The van der Waals surface area contributed by atoms with Crippen LogP contribution < -0.4 is 0 Å². The fourth-order valence-electron chi connectivity index (χ4n) is 1.09. The molecule has 0 radical (unpaired) electrons. The van der Waals surface area contributed by atoms with Crippen LogP contribution in [0.25, 0.3) is 0 Å². The van der Waals surface area contributed by atoms with Gasteiger partial charge in [-0.05, 0) is 24.3 Å². The van der Waals surface area contributed by atoms with Gasteiger partial charge in [0.05, 0.1) is 5.56 Å². The molecule has 1 N–H and O–H groups in total. The van der Waals surface area contributed by atoms with E-state index in [-0.39, 0.29) is 5.75 Å². The number of hydrogen-bond acceptors (Lipinski definition) is 3. The predicted octanol–water partition coefficient (Wildman–Crippen LogP) is 3.04. The smallest absolute Gasteiger partial charge is 0.434 e. The molecular weight excluding hydrogens is 282 g/mol. The number of halogens is 6. The van der Waals surface area contributed by atoms with Crippen LogP contribution in [0.15, 0.2) is 24.3 Å². The first-order chi connectivity index (χ1) is 8.51. The molecule has 106 valence electrons. The van der Waals surface area contributed by atoms with E-state index in [2.05, 4.69) is 4.74 Å². The number of aromatic hydroxyl groups is 1. The molecule has 1 aromatic rings. The average molecular weight is 288 g/mol. The Hall–Kier alpha value is -1.93. The Morgan fingerprint density at radius 3 is 1.79 bits per heavy atom. The number of alkyl halides is 6. The Balaban J connectivity index is 2.92. The standard InChI is InChI=1S/C10H6F6O3/c11-9(12,13)8(10(14,15)16)19-7(18)5-1-3-6(17)4-2-5/h1-4,8,17H. The fraction of sp³-hybridized carbons (Fsp3) is 0.300. The van der Waals surface area contributed by atoms with E-state index in [9.17, 15) is 31.1 Å². The number of carbonyl (C=O) groups is 1. The third kappa shape index (κ3) is 4.04. The third-order valence-corrected chi connectivity index (χ3v) is 1.92. The molecule has 0 aliphatic rings. The van der Waals surface area contributed by atoms with Crippen LogP contribution in [0.5, 0.6) is 5.75 Å². The number of phenolic OH excluding ortho intramolecular Hbond substituents is 1. The number of rotatable bonds is 2. The minimum atomic E-state index is -5.76. The van der Waals surface area contributed by atoms with Gasteiger partial charge >= 0.3 is 18.3 Å². The zero-order valence-corrected chi connectivity index (χ0v) is 8.92. The summed E-state index contributed by atoms with van der Waals surface area (Å²) in [6.45, 7) is 0. The van der Waals surface area contributed by atoms with Gasteiger partial charge in [-0.15, -0.1) is 0 Å². The van der Waals surface area contributed by atoms with Gasteiger partial charge in [0, 0.05) is 0 Å². The molecular formula is C10H6F6O3. The molecule has 0 aliphatic heterocycles. The van der Waals surface area contributed by atoms with E-state index in [0.29, 0.717) is 0 Å². The number of benzene rings is 1. The quantitative estimate of drug-likeness (QED) is 0.672. The normalized spacial score (nSPS) is 12.6. The molecule has 19 heavy (non-hydrogen) atoms. The second-order valence-electron chi connectivity index (χ2n) is 3.42. The van der Waals surface area contributed by atoms with E-state index in [1.807, 2.05) is 0 Å². The summed E-state index contributed by atoms with van der Waals surface area (Å²) in [4.78, 5) is 11.2. The second kappa shape index (κ2) is 4.98. The monoisotopic (exact) mass is 288 g/mol. The minimum absolute atomic E-state index is 0.306. The van der Waals surface area contributed by atoms with Gasteiger partial charge in [0.15, 0.2) is 0 Å². The van der Waals surface area contributed by atoms with E-state index < -0.39 is 30.0 Å². The zero-order valence-electron chi connectivity index (χ0n) is 8.92. The SMILES string of the molecule is O=C(OC(C(F)(F)F)C(F)(F)F)c1ccc(O)cc1. The molecule has 1 aromatic carbocycles. The van der Waals surface area contributed by atoms with Crippen LogP contribution >= 0.6 is 0 Å². The van der Waals surface area contributed by atoms with Crippen LogP contribution in [-0.2, 0) is 4.74 Å². The van der Waals surface area contributed by atoms with E-state index in [0.717, 1.165) is 24.3 Å². The molecule has 1 rings (SSSR count). The lowest BCUT2D eigenvalue weighted by Gasteiger charge is -2.22. The number of carbonyl (C=O) groups excluding carboxylic acids is 1. The summed E-state index contributed by atoms with van der Waals surface area (Å²) >= 11 is 0. The highest BCUT2D eigenvalue weighted by Gasteiger charge is 2.59. The molecule has 0 saturated carbocycles. The van der Waals surface area contributed by atoms with Gasteiger partial charge in [-0.25, -0.2) is 4.79 Å². The molecule has 0 amide bonds. The van der Waals surface area contributed by atoms with Crippen molar-refractivity contribution in [2.45, 2.75) is 18.5 Å². The Morgan fingerprint density at radius 2 is 1.42 bits per heavy atom. The largest absolute Gasteiger partial charge is 0.508 e. The summed E-state index contributed by atoms with van der Waals surface area (Å²) in [6, 6.07) is 3.52. The van der Waals surface area contributed by atoms with E-state index in [1.165, 1.54) is 0 Å². The summed E-state index contributed by atoms with van der Waals surface area (Å²) in [5.74, 6) is -2.10. The Labute approximate surface area is 102 Å². The van der Waals surface area contributed by atoms with Gasteiger partial charge < -0.3 is 9.84 Å². The van der Waals surface area contributed by atoms with Crippen molar-refractivity contribution in [1.82, 2.24) is 0 Å². The van der Waals surface area contributed by atoms with Gasteiger partial charge in [0.2, 0.25) is 0 Å². The van der Waals surface area contributed by atoms with Gasteiger partial charge in [0.1, 0.15) is 5.75 Å². The van der Waals surface area contributed by atoms with Crippen LogP contribution in [0.2, 0.25) is 0 Å². The van der Waals surface area contributed by atoms with Crippen LogP contribution in [0.1, 0.15) is 10.4 Å². The predicted molar refractivity (Wildman–Crippen MR) is 49.4 cm³/mol. The first-order valence-electron chi connectivity index (χ1n) is 4.65. The van der Waals surface area contributed by atoms with Crippen molar-refractivity contribution in [2.75, 3.05) is 0 Å². The Kier molecular flexibility index (Phi) is 3.97. The maximum absolute atomic E-state index is 12.1. The Morgan fingerprint density at radius 1 is 1.00 bits per heavy atom. The number of esters is 1. The highest BCUT2D eigenvalue weighted by Crippen LogP contribution is 2.36. The van der Waals surface area contributed by atoms with E-state index >= 15 is 0 Å². The van der Waals surface area contributed by atoms with Crippen molar-refractivity contribution in [3.8, 4) is 5.75 Å². The molecule has 0 saturated heterocycles. The van der Waals surface area contributed by atoms with Gasteiger partial charge in [-0.1, -0.05) is 0 Å². The summed E-state index contributed by atoms with van der Waals surface area (Å²) in [7, 11) is 0. The summed E-state index contributed by atoms with van der Waals surface area (Å²) in [5, 5.41) is 8.87. The molecule has 0 heterocycles. The maximum Gasteiger partial charge on any atom is 0.434 e. The highest BCUT2D eigenvalue weighted by atomic mass is 19.4. The molecule has 0 atom stereocenters. The van der Waals surface area contributed by atoms with Crippen molar-refractivity contribution >= 4 is 5.97 Å². The molecule has 0 aliphatic carbocycles. The van der Waals surface area contributed by atoms with Crippen molar-refractivity contribution in [2.24, 2.45) is 0 Å². The van der Waals surface area contributed by atoms with Gasteiger partial charge in [-0.3, -0.25) is 0 Å². The fourth-order valence-corrected chi connectivity index (χ4v) is 1.09. The Bertz CT molecular complexity index is 434. The molecule has 0 aromatic heterocycles. The lowest BCUT2D eigenvalue weighted by Crippen LogP contribution is -2.45. The van der Waals surface area contributed by atoms with Crippen LogP contribution in [0, 0.1) is 0 Å². The summed E-state index contributed by atoms with van der Waals surface area (Å²) < 4.78 is 76.1. The number of phenols is 1. The van der Waals surface area contributed by atoms with Gasteiger partial charge in [-0.2, -0.15) is 26.3 Å². The average Bonchev–Trinajstić information content (AvgIpc) is 2.23. The van der Waals surface area contributed by atoms with Gasteiger partial charge in [0.25, 0.3) is 6.10 Å². The maximum atomic E-state index is 12.1. The lowest BCUT2D eigenvalue weighted by molar-refractivity contribution is -0.307. The van der Waals surface area contributed by atoms with Crippen molar-refractivity contribution in [1.29, 1.82) is 0 Å². The molecule has 9 heteroatoms. The first-order valence-corrected chi connectivity index (χ1v) is 4.65. The summed E-state index contributed by atoms with van der Waals surface area (Å²) in [5.41, 5.74) is -0.545. The molecule has 0 spiro atoms. The molecule has 0 unspecified atom stereocenters. The van der Waals surface area contributed by atoms with E-state index in [1.54, 1.807) is 0 Å². The van der Waals surface area contributed by atoms with Crippen molar-refractivity contribution in [3.63, 3.8) is 0 Å². The zero-order chi connectivity index (χ0) is 14.8. The van der Waals surface area contributed by atoms with Crippen molar-refractivity contribution in [3.05, 3.63) is 29.8 Å². The van der Waals surface area contributed by atoms with Crippen LogP contribution in [0.3, 0.4) is 0 Å². The van der Waals surface area contributed by atoms with E-state index in [4.69, 9.17) is 5.11 Å². The van der Waals surface area contributed by atoms with Crippen LogP contribution in [-0.4, -0.2) is 29.5 Å². The third-order valence-electron chi connectivity index (χ3n) is 1.92. The minimum Gasteiger partial charge on any atom is -0.508 e. The second-order valence-corrected chi connectivity index (χ2v) is 3.42. The highest BCUT2D eigenvalue weighted by molar-refractivity contribution is 5.89. The first kappa shape index (κ1) is 15.1. The number of hydrogen-bond donors (Lipinski definition) is 1. The molecule has 3 nitrogen and oxygen atoms in total. The lowest BCUT2D eigenvalue weighted by atomic mass is 10.2. The molecule has 0 bridgehead atoms. The summed E-state index contributed by atoms with van der Waals surface area (Å²) in [6.07, 6.45) is -15.7. The van der Waals surface area contributed by atoms with Crippen LogP contribution in [0.4, 0.5) is 26.3 Å². The molecule has 0 fully saturated rings.